The lowest BCUT2D eigenvalue weighted by atomic mass is 9.76. The molecule has 2 aromatic carbocycles. The maximum Gasteiger partial charge on any atom is 0.129 e. The Morgan fingerprint density at radius 2 is 2.08 bits per heavy atom. The fourth-order valence-electron chi connectivity index (χ4n) is 4.34. The summed E-state index contributed by atoms with van der Waals surface area (Å²) in [4.78, 5) is 3.39. The van der Waals surface area contributed by atoms with Gasteiger partial charge in [0.25, 0.3) is 0 Å². The number of fused-ring (bicyclic) bond motifs is 2. The van der Waals surface area contributed by atoms with Gasteiger partial charge in [-0.3, -0.25) is 4.21 Å². The maximum atomic E-state index is 14.9. The third kappa shape index (κ3) is 2.31. The summed E-state index contributed by atoms with van der Waals surface area (Å²) >= 11 is 6.17. The van der Waals surface area contributed by atoms with Crippen LogP contribution >= 0.6 is 11.6 Å². The number of aromatic amines is 1. The molecule has 0 bridgehead atoms. The molecule has 128 valence electrons. The smallest absolute Gasteiger partial charge is 0.129 e. The molecule has 0 amide bonds. The normalized spacial score (nSPS) is 19.9. The number of H-pyrrole nitrogens is 1. The third-order valence-corrected chi connectivity index (χ3v) is 6.37. The summed E-state index contributed by atoms with van der Waals surface area (Å²) in [5.74, 6) is 0.876. The van der Waals surface area contributed by atoms with E-state index in [1.807, 2.05) is 24.4 Å². The molecule has 0 spiro atoms. The summed E-state index contributed by atoms with van der Waals surface area (Å²) < 4.78 is 26.6. The average Bonchev–Trinajstić information content (AvgIpc) is 3.29. The van der Waals surface area contributed by atoms with Gasteiger partial charge >= 0.3 is 0 Å². The molecule has 1 N–H and O–H groups in total. The lowest BCUT2D eigenvalue weighted by Crippen LogP contribution is -2.12. The zero-order chi connectivity index (χ0) is 17.3. The number of hydrogen-bond donors (Lipinski definition) is 1. The SMILES string of the molecule is CS(=O)Cc1ccc2c3c(c[nH]c13)C(C1CC1)c1c(F)cc(Cl)cc1-2. The lowest BCUT2D eigenvalue weighted by Gasteiger charge is -2.27. The van der Waals surface area contributed by atoms with E-state index in [4.69, 9.17) is 11.6 Å². The zero-order valence-electron chi connectivity index (χ0n) is 13.7. The summed E-state index contributed by atoms with van der Waals surface area (Å²) in [7, 11) is -0.913. The van der Waals surface area contributed by atoms with E-state index in [-0.39, 0.29) is 11.7 Å². The van der Waals surface area contributed by atoms with Gasteiger partial charge in [-0.1, -0.05) is 23.7 Å². The number of hydrogen-bond acceptors (Lipinski definition) is 1. The van der Waals surface area contributed by atoms with E-state index in [1.54, 1.807) is 6.26 Å². The molecule has 0 radical (unpaired) electrons. The van der Waals surface area contributed by atoms with Gasteiger partial charge in [0.15, 0.2) is 0 Å². The number of rotatable bonds is 3. The molecular weight excluding hydrogens is 357 g/mol. The van der Waals surface area contributed by atoms with E-state index in [0.717, 1.165) is 46.0 Å². The van der Waals surface area contributed by atoms with Crippen molar-refractivity contribution in [3.63, 3.8) is 0 Å². The zero-order valence-corrected chi connectivity index (χ0v) is 15.3. The Morgan fingerprint density at radius 1 is 1.28 bits per heavy atom. The van der Waals surface area contributed by atoms with Gasteiger partial charge in [-0.15, -0.1) is 0 Å². The van der Waals surface area contributed by atoms with Crippen LogP contribution in [0.5, 0.6) is 0 Å². The number of benzene rings is 2. The van der Waals surface area contributed by atoms with Crippen LogP contribution in [0.4, 0.5) is 4.39 Å². The van der Waals surface area contributed by atoms with E-state index < -0.39 is 10.8 Å². The fourth-order valence-corrected chi connectivity index (χ4v) is 5.22. The first kappa shape index (κ1) is 15.6. The van der Waals surface area contributed by atoms with Crippen LogP contribution in [0.25, 0.3) is 22.0 Å². The minimum atomic E-state index is -0.913. The van der Waals surface area contributed by atoms with Gasteiger partial charge in [0, 0.05) is 45.1 Å². The van der Waals surface area contributed by atoms with Crippen molar-refractivity contribution in [1.82, 2.24) is 4.98 Å². The molecule has 2 atom stereocenters. The molecule has 2 nitrogen and oxygen atoms in total. The molecule has 5 heteroatoms. The van der Waals surface area contributed by atoms with Gasteiger partial charge in [0.05, 0.1) is 11.3 Å². The minimum Gasteiger partial charge on any atom is -0.361 e. The molecular formula is C20H17ClFNOS. The summed E-state index contributed by atoms with van der Waals surface area (Å²) in [6, 6.07) is 7.34. The fraction of sp³-hybridized carbons (Fsp3) is 0.300. The largest absolute Gasteiger partial charge is 0.361 e. The van der Waals surface area contributed by atoms with Gasteiger partial charge < -0.3 is 4.98 Å². The molecule has 5 rings (SSSR count). The van der Waals surface area contributed by atoms with Crippen molar-refractivity contribution in [2.45, 2.75) is 24.5 Å². The molecule has 2 aliphatic carbocycles. The number of aromatic nitrogens is 1. The van der Waals surface area contributed by atoms with Crippen LogP contribution in [0.15, 0.2) is 30.5 Å². The second-order valence-electron chi connectivity index (χ2n) is 7.15. The Balaban J connectivity index is 1.86. The predicted molar refractivity (Wildman–Crippen MR) is 101 cm³/mol. The van der Waals surface area contributed by atoms with Gasteiger partial charge in [0.2, 0.25) is 0 Å². The van der Waals surface area contributed by atoms with Crippen molar-refractivity contribution >= 4 is 33.3 Å². The Kier molecular flexibility index (Phi) is 3.38. The summed E-state index contributed by atoms with van der Waals surface area (Å²) in [5.41, 5.74) is 5.95. The highest BCUT2D eigenvalue weighted by molar-refractivity contribution is 7.83. The Morgan fingerprint density at radius 3 is 2.80 bits per heavy atom. The molecule has 1 aromatic heterocycles. The molecule has 3 aromatic rings. The molecule has 2 unspecified atom stereocenters. The standard InChI is InChI=1S/C20H17ClFNOS/c1-25(24)9-11-4-5-13-14-6-12(21)7-16(22)19(14)17(10-2-3-10)15-8-23-20(11)18(13)15/h4-8,10,17,23H,2-3,9H2,1H3. The summed E-state index contributed by atoms with van der Waals surface area (Å²) in [6.45, 7) is 0. The van der Waals surface area contributed by atoms with Gasteiger partial charge in [-0.25, -0.2) is 4.39 Å². The van der Waals surface area contributed by atoms with Crippen molar-refractivity contribution in [2.75, 3.05) is 6.26 Å². The van der Waals surface area contributed by atoms with Crippen LogP contribution in [0.1, 0.15) is 35.4 Å². The van der Waals surface area contributed by atoms with Crippen LogP contribution in [0, 0.1) is 11.7 Å². The minimum absolute atomic E-state index is 0.0795. The van der Waals surface area contributed by atoms with Crippen molar-refractivity contribution in [1.29, 1.82) is 0 Å². The number of halogens is 2. The van der Waals surface area contributed by atoms with Crippen LogP contribution in [0.3, 0.4) is 0 Å². The first-order valence-corrected chi connectivity index (χ1v) is 10.6. The van der Waals surface area contributed by atoms with Crippen LogP contribution < -0.4 is 0 Å². The van der Waals surface area contributed by atoms with E-state index in [2.05, 4.69) is 4.98 Å². The highest BCUT2D eigenvalue weighted by Gasteiger charge is 2.41. The monoisotopic (exact) mass is 373 g/mol. The topological polar surface area (TPSA) is 32.9 Å². The highest BCUT2D eigenvalue weighted by atomic mass is 35.5. The van der Waals surface area contributed by atoms with Crippen LogP contribution in [-0.4, -0.2) is 15.4 Å². The molecule has 1 saturated carbocycles. The van der Waals surface area contributed by atoms with Crippen molar-refractivity contribution in [2.24, 2.45) is 5.92 Å². The lowest BCUT2D eigenvalue weighted by molar-refractivity contribution is 0.580. The summed E-state index contributed by atoms with van der Waals surface area (Å²) in [5, 5.41) is 1.57. The molecule has 2 aliphatic rings. The molecule has 0 aliphatic heterocycles. The second kappa shape index (κ2) is 5.42. The Hall–Kier alpha value is -1.65. The second-order valence-corrected chi connectivity index (χ2v) is 9.02. The predicted octanol–water partition coefficient (Wildman–Crippen LogP) is 5.36. The van der Waals surface area contributed by atoms with E-state index in [0.29, 0.717) is 16.7 Å². The Labute approximate surface area is 152 Å². The van der Waals surface area contributed by atoms with Gasteiger partial charge in [0.1, 0.15) is 5.82 Å². The summed E-state index contributed by atoms with van der Waals surface area (Å²) in [6.07, 6.45) is 6.00. The third-order valence-electron chi connectivity index (χ3n) is 5.44. The van der Waals surface area contributed by atoms with Crippen LogP contribution in [0.2, 0.25) is 5.02 Å². The van der Waals surface area contributed by atoms with E-state index in [1.165, 1.54) is 11.6 Å². The molecule has 25 heavy (non-hydrogen) atoms. The Bertz CT molecular complexity index is 1050. The van der Waals surface area contributed by atoms with E-state index in [9.17, 15) is 8.60 Å². The van der Waals surface area contributed by atoms with Crippen molar-refractivity contribution in [3.8, 4) is 11.1 Å². The number of nitrogens with one attached hydrogen (secondary N) is 1. The van der Waals surface area contributed by atoms with Crippen molar-refractivity contribution < 1.29 is 8.60 Å². The quantitative estimate of drug-likeness (QED) is 0.658. The van der Waals surface area contributed by atoms with Crippen molar-refractivity contribution in [3.05, 3.63) is 58.0 Å². The van der Waals surface area contributed by atoms with Gasteiger partial charge in [-0.2, -0.15) is 0 Å². The van der Waals surface area contributed by atoms with Crippen LogP contribution in [-0.2, 0) is 16.6 Å². The van der Waals surface area contributed by atoms with Gasteiger partial charge in [-0.05, 0) is 53.1 Å². The highest BCUT2D eigenvalue weighted by Crippen LogP contribution is 2.55. The molecule has 1 fully saturated rings. The molecule has 1 heterocycles. The molecule has 0 saturated heterocycles. The maximum absolute atomic E-state index is 14.9. The average molecular weight is 374 g/mol. The van der Waals surface area contributed by atoms with E-state index >= 15 is 0 Å². The first-order chi connectivity index (χ1) is 12.0. The first-order valence-electron chi connectivity index (χ1n) is 8.47.